The van der Waals surface area contributed by atoms with Crippen LogP contribution in [0.4, 0.5) is 0 Å². The minimum absolute atomic E-state index is 0.390. The van der Waals surface area contributed by atoms with Gasteiger partial charge in [0, 0.05) is 13.2 Å². The van der Waals surface area contributed by atoms with Gasteiger partial charge in [-0.25, -0.2) is 4.98 Å². The summed E-state index contributed by atoms with van der Waals surface area (Å²) >= 11 is 0. The lowest BCUT2D eigenvalue weighted by Crippen LogP contribution is -2.33. The molecular formula is C14H20N4. The largest absolute Gasteiger partial charge is 0.330 e. The molecule has 4 nitrogen and oxygen atoms in total. The smallest absolute Gasteiger partial charge is 0.126 e. The van der Waals surface area contributed by atoms with Crippen LogP contribution in [0.1, 0.15) is 38.1 Å². The van der Waals surface area contributed by atoms with Crippen molar-refractivity contribution in [3.05, 3.63) is 24.3 Å². The quantitative estimate of drug-likeness (QED) is 0.882. The van der Waals surface area contributed by atoms with Gasteiger partial charge >= 0.3 is 0 Å². The molecule has 1 N–H and O–H groups in total. The average Bonchev–Trinajstić information content (AvgIpc) is 2.77. The van der Waals surface area contributed by atoms with Crippen LogP contribution in [-0.4, -0.2) is 21.1 Å². The van der Waals surface area contributed by atoms with E-state index in [9.17, 15) is 0 Å². The Balaban J connectivity index is 1.96. The molecule has 0 aliphatic carbocycles. The Bertz CT molecular complexity index is 546. The zero-order valence-corrected chi connectivity index (χ0v) is 11.1. The SMILES string of the molecule is CCC1CCNC(c2nc3cnccc3n2C)C1. The van der Waals surface area contributed by atoms with E-state index in [1.165, 1.54) is 24.8 Å². The number of aromatic nitrogens is 3. The number of piperidine rings is 1. The molecule has 0 amide bonds. The molecule has 4 heteroatoms. The van der Waals surface area contributed by atoms with Gasteiger partial charge in [0.2, 0.25) is 0 Å². The van der Waals surface area contributed by atoms with Crippen LogP contribution in [0.2, 0.25) is 0 Å². The lowest BCUT2D eigenvalue weighted by atomic mass is 9.90. The number of imidazole rings is 1. The van der Waals surface area contributed by atoms with Crippen molar-refractivity contribution in [2.75, 3.05) is 6.54 Å². The van der Waals surface area contributed by atoms with E-state index < -0.39 is 0 Å². The first kappa shape index (κ1) is 11.7. The molecule has 3 heterocycles. The van der Waals surface area contributed by atoms with Crippen molar-refractivity contribution in [1.29, 1.82) is 0 Å². The highest BCUT2D eigenvalue weighted by Gasteiger charge is 2.25. The first-order chi connectivity index (χ1) is 8.79. The Kier molecular flexibility index (Phi) is 3.04. The fourth-order valence-electron chi connectivity index (χ4n) is 2.95. The summed E-state index contributed by atoms with van der Waals surface area (Å²) in [4.78, 5) is 8.89. The van der Waals surface area contributed by atoms with E-state index in [0.29, 0.717) is 6.04 Å². The van der Waals surface area contributed by atoms with Crippen LogP contribution in [0, 0.1) is 5.92 Å². The minimum Gasteiger partial charge on any atom is -0.330 e. The van der Waals surface area contributed by atoms with Crippen LogP contribution in [-0.2, 0) is 7.05 Å². The van der Waals surface area contributed by atoms with Gasteiger partial charge in [-0.1, -0.05) is 13.3 Å². The third kappa shape index (κ3) is 1.90. The predicted molar refractivity (Wildman–Crippen MR) is 72.3 cm³/mol. The first-order valence-electron chi connectivity index (χ1n) is 6.79. The summed E-state index contributed by atoms with van der Waals surface area (Å²) in [7, 11) is 2.10. The Morgan fingerprint density at radius 1 is 1.50 bits per heavy atom. The normalized spacial score (nSPS) is 24.6. The van der Waals surface area contributed by atoms with Gasteiger partial charge < -0.3 is 9.88 Å². The Morgan fingerprint density at radius 3 is 3.17 bits per heavy atom. The Morgan fingerprint density at radius 2 is 2.39 bits per heavy atom. The van der Waals surface area contributed by atoms with Crippen LogP contribution >= 0.6 is 0 Å². The molecular weight excluding hydrogens is 224 g/mol. The molecule has 1 fully saturated rings. The maximum absolute atomic E-state index is 4.74. The van der Waals surface area contributed by atoms with Crippen molar-refractivity contribution in [1.82, 2.24) is 19.9 Å². The summed E-state index contributed by atoms with van der Waals surface area (Å²) in [6, 6.07) is 2.42. The first-order valence-corrected chi connectivity index (χ1v) is 6.79. The van der Waals surface area contributed by atoms with Crippen molar-refractivity contribution >= 4 is 11.0 Å². The second-order valence-corrected chi connectivity index (χ2v) is 5.20. The fourth-order valence-corrected chi connectivity index (χ4v) is 2.95. The molecule has 2 unspecified atom stereocenters. The molecule has 0 radical (unpaired) electrons. The summed E-state index contributed by atoms with van der Waals surface area (Å²) in [6.07, 6.45) is 7.43. The van der Waals surface area contributed by atoms with Crippen molar-refractivity contribution in [3.8, 4) is 0 Å². The monoisotopic (exact) mass is 244 g/mol. The van der Waals surface area contributed by atoms with Gasteiger partial charge in [0.15, 0.2) is 0 Å². The maximum Gasteiger partial charge on any atom is 0.126 e. The molecule has 1 aliphatic heterocycles. The lowest BCUT2D eigenvalue weighted by molar-refractivity contribution is 0.288. The van der Waals surface area contributed by atoms with Crippen LogP contribution < -0.4 is 5.32 Å². The summed E-state index contributed by atoms with van der Waals surface area (Å²) in [5, 5.41) is 3.60. The van der Waals surface area contributed by atoms with E-state index in [4.69, 9.17) is 4.98 Å². The van der Waals surface area contributed by atoms with Crippen LogP contribution in [0.15, 0.2) is 18.5 Å². The molecule has 1 aliphatic rings. The number of aryl methyl sites for hydroxylation is 1. The predicted octanol–water partition coefficient (Wildman–Crippen LogP) is 2.42. The molecule has 1 saturated heterocycles. The van der Waals surface area contributed by atoms with E-state index in [1.807, 2.05) is 18.5 Å². The zero-order chi connectivity index (χ0) is 12.5. The third-order valence-electron chi connectivity index (χ3n) is 4.12. The van der Waals surface area contributed by atoms with Crippen LogP contribution in [0.25, 0.3) is 11.0 Å². The standard InChI is InChI=1S/C14H20N4/c1-3-10-4-7-16-11(8-10)14-17-12-9-15-6-5-13(12)18(14)2/h5-6,9-11,16H,3-4,7-8H2,1-2H3. The second-order valence-electron chi connectivity index (χ2n) is 5.20. The average molecular weight is 244 g/mol. The number of nitrogens with one attached hydrogen (secondary N) is 1. The van der Waals surface area contributed by atoms with E-state index >= 15 is 0 Å². The molecule has 18 heavy (non-hydrogen) atoms. The summed E-state index contributed by atoms with van der Waals surface area (Å²) < 4.78 is 2.20. The molecule has 2 aromatic heterocycles. The van der Waals surface area contributed by atoms with Gasteiger partial charge in [-0.2, -0.15) is 0 Å². The molecule has 0 bridgehead atoms. The van der Waals surface area contributed by atoms with Crippen molar-refractivity contribution < 1.29 is 0 Å². The van der Waals surface area contributed by atoms with Crippen molar-refractivity contribution in [2.24, 2.45) is 13.0 Å². The number of fused-ring (bicyclic) bond motifs is 1. The van der Waals surface area contributed by atoms with Gasteiger partial charge in [0.1, 0.15) is 11.3 Å². The Labute approximate surface area is 107 Å². The van der Waals surface area contributed by atoms with Crippen LogP contribution in [0.5, 0.6) is 0 Å². The molecule has 2 aromatic rings. The molecule has 96 valence electrons. The van der Waals surface area contributed by atoms with Gasteiger partial charge in [-0.05, 0) is 31.4 Å². The van der Waals surface area contributed by atoms with Crippen molar-refractivity contribution in [2.45, 2.75) is 32.2 Å². The minimum atomic E-state index is 0.390. The number of nitrogens with zero attached hydrogens (tertiary/aromatic N) is 3. The second kappa shape index (κ2) is 4.69. The topological polar surface area (TPSA) is 42.7 Å². The van der Waals surface area contributed by atoms with E-state index in [-0.39, 0.29) is 0 Å². The summed E-state index contributed by atoms with van der Waals surface area (Å²) in [6.45, 7) is 3.39. The van der Waals surface area contributed by atoms with Gasteiger partial charge in [-0.3, -0.25) is 4.98 Å². The van der Waals surface area contributed by atoms with Crippen molar-refractivity contribution in [3.63, 3.8) is 0 Å². The van der Waals surface area contributed by atoms with Gasteiger partial charge in [0.25, 0.3) is 0 Å². The Hall–Kier alpha value is -1.42. The number of rotatable bonds is 2. The number of hydrogen-bond acceptors (Lipinski definition) is 3. The van der Waals surface area contributed by atoms with Gasteiger partial charge in [0.05, 0.1) is 17.8 Å². The van der Waals surface area contributed by atoms with E-state index in [2.05, 4.69) is 28.8 Å². The molecule has 0 aromatic carbocycles. The zero-order valence-electron chi connectivity index (χ0n) is 11.1. The molecule has 0 saturated carbocycles. The van der Waals surface area contributed by atoms with Gasteiger partial charge in [-0.15, -0.1) is 0 Å². The maximum atomic E-state index is 4.74. The highest BCUT2D eigenvalue weighted by molar-refractivity contribution is 5.74. The molecule has 0 spiro atoms. The third-order valence-corrected chi connectivity index (χ3v) is 4.12. The number of pyridine rings is 1. The van der Waals surface area contributed by atoms with E-state index in [1.54, 1.807) is 0 Å². The van der Waals surface area contributed by atoms with Crippen LogP contribution in [0.3, 0.4) is 0 Å². The summed E-state index contributed by atoms with van der Waals surface area (Å²) in [5.74, 6) is 1.98. The molecule has 3 rings (SSSR count). The highest BCUT2D eigenvalue weighted by atomic mass is 15.1. The lowest BCUT2D eigenvalue weighted by Gasteiger charge is -2.29. The molecule has 2 atom stereocenters. The highest BCUT2D eigenvalue weighted by Crippen LogP contribution is 2.29. The van der Waals surface area contributed by atoms with E-state index in [0.717, 1.165) is 23.8 Å². The number of hydrogen-bond donors (Lipinski definition) is 1. The fraction of sp³-hybridized carbons (Fsp3) is 0.571. The summed E-state index contributed by atoms with van der Waals surface area (Å²) in [5.41, 5.74) is 2.16.